The first-order valence-corrected chi connectivity index (χ1v) is 8.77. The molecule has 0 N–H and O–H groups in total. The molecule has 0 saturated carbocycles. The third-order valence-electron chi connectivity index (χ3n) is 3.76. The lowest BCUT2D eigenvalue weighted by molar-refractivity contribution is 0.0735. The van der Waals surface area contributed by atoms with E-state index < -0.39 is 0 Å². The first-order chi connectivity index (χ1) is 11.5. The molecule has 3 aromatic rings. The number of hydrogen-bond donors (Lipinski definition) is 0. The zero-order chi connectivity index (χ0) is 17.1. The smallest absolute Gasteiger partial charge is 0.343 e. The van der Waals surface area contributed by atoms with Crippen LogP contribution in [-0.2, 0) is 0 Å². The van der Waals surface area contributed by atoms with Crippen LogP contribution >= 0.6 is 22.6 Å². The number of carbonyl (C=O) groups excluding carboxylic acids is 1. The molecule has 0 amide bonds. The van der Waals surface area contributed by atoms with E-state index in [1.807, 2.05) is 43.3 Å². The second-order valence-electron chi connectivity index (χ2n) is 5.74. The molecule has 0 aliphatic carbocycles. The number of aryl methyl sites for hydroxylation is 2. The van der Waals surface area contributed by atoms with E-state index in [4.69, 9.17) is 4.74 Å². The summed E-state index contributed by atoms with van der Waals surface area (Å²) in [4.78, 5) is 12.4. The summed E-state index contributed by atoms with van der Waals surface area (Å²) in [6, 6.07) is 21.3. The van der Waals surface area contributed by atoms with Crippen LogP contribution in [0.25, 0.3) is 11.1 Å². The van der Waals surface area contributed by atoms with Crippen molar-refractivity contribution in [2.24, 2.45) is 0 Å². The molecule has 0 aliphatic rings. The summed E-state index contributed by atoms with van der Waals surface area (Å²) >= 11 is 2.32. The fourth-order valence-electron chi connectivity index (χ4n) is 2.51. The third kappa shape index (κ3) is 3.67. The van der Waals surface area contributed by atoms with Gasteiger partial charge in [-0.25, -0.2) is 4.79 Å². The van der Waals surface area contributed by atoms with Crippen molar-refractivity contribution in [2.75, 3.05) is 0 Å². The number of esters is 1. The van der Waals surface area contributed by atoms with Crippen LogP contribution in [0.15, 0.2) is 66.7 Å². The minimum absolute atomic E-state index is 0.343. The maximum absolute atomic E-state index is 12.4. The van der Waals surface area contributed by atoms with Crippen molar-refractivity contribution < 1.29 is 9.53 Å². The van der Waals surface area contributed by atoms with Crippen LogP contribution in [-0.4, -0.2) is 5.97 Å². The topological polar surface area (TPSA) is 26.3 Å². The van der Waals surface area contributed by atoms with Crippen LogP contribution < -0.4 is 4.74 Å². The molecule has 0 fully saturated rings. The molecule has 0 atom stereocenters. The highest BCUT2D eigenvalue weighted by molar-refractivity contribution is 14.1. The molecule has 3 rings (SSSR count). The van der Waals surface area contributed by atoms with Gasteiger partial charge in [0, 0.05) is 9.13 Å². The van der Waals surface area contributed by atoms with Gasteiger partial charge in [0.1, 0.15) is 5.75 Å². The molecule has 0 heterocycles. The third-order valence-corrected chi connectivity index (χ3v) is 4.66. The van der Waals surface area contributed by atoms with Gasteiger partial charge in [-0.2, -0.15) is 0 Å². The number of rotatable bonds is 3. The lowest BCUT2D eigenvalue weighted by Crippen LogP contribution is -2.09. The van der Waals surface area contributed by atoms with Gasteiger partial charge in [0.15, 0.2) is 0 Å². The van der Waals surface area contributed by atoms with Crippen LogP contribution in [0.3, 0.4) is 0 Å². The van der Waals surface area contributed by atoms with Crippen molar-refractivity contribution in [3.8, 4) is 16.9 Å². The van der Waals surface area contributed by atoms with Crippen molar-refractivity contribution in [1.82, 2.24) is 0 Å². The zero-order valence-electron chi connectivity index (χ0n) is 13.5. The van der Waals surface area contributed by atoms with E-state index in [0.717, 1.165) is 20.3 Å². The SMILES string of the molecule is Cc1ccc(-c2ccc(C)cc2OC(=O)c2ccccc2)c(I)c1. The van der Waals surface area contributed by atoms with E-state index in [-0.39, 0.29) is 5.97 Å². The predicted molar refractivity (Wildman–Crippen MR) is 105 cm³/mol. The van der Waals surface area contributed by atoms with E-state index in [1.165, 1.54) is 5.56 Å². The number of carbonyl (C=O) groups is 1. The van der Waals surface area contributed by atoms with E-state index in [9.17, 15) is 4.79 Å². The molecular weight excluding hydrogens is 411 g/mol. The van der Waals surface area contributed by atoms with Crippen LogP contribution in [0.1, 0.15) is 21.5 Å². The van der Waals surface area contributed by atoms with Gasteiger partial charge in [0.05, 0.1) is 5.56 Å². The van der Waals surface area contributed by atoms with Crippen molar-refractivity contribution in [2.45, 2.75) is 13.8 Å². The number of hydrogen-bond acceptors (Lipinski definition) is 2. The molecule has 0 aliphatic heterocycles. The number of ether oxygens (including phenoxy) is 1. The fourth-order valence-corrected chi connectivity index (χ4v) is 3.47. The Morgan fingerprint density at radius 3 is 2.12 bits per heavy atom. The minimum atomic E-state index is -0.343. The van der Waals surface area contributed by atoms with Crippen LogP contribution in [0.2, 0.25) is 0 Å². The number of halogens is 1. The van der Waals surface area contributed by atoms with Gasteiger partial charge in [0.2, 0.25) is 0 Å². The van der Waals surface area contributed by atoms with Crippen LogP contribution in [0.4, 0.5) is 0 Å². The van der Waals surface area contributed by atoms with E-state index >= 15 is 0 Å². The molecule has 0 saturated heterocycles. The summed E-state index contributed by atoms with van der Waals surface area (Å²) in [6.45, 7) is 4.06. The largest absolute Gasteiger partial charge is 0.422 e. The summed E-state index contributed by atoms with van der Waals surface area (Å²) in [5, 5.41) is 0. The molecule has 3 aromatic carbocycles. The standard InChI is InChI=1S/C21H17IO2/c1-14-8-10-17(19(22)12-14)18-11-9-15(2)13-20(18)24-21(23)16-6-4-3-5-7-16/h3-13H,1-2H3. The van der Waals surface area contributed by atoms with E-state index in [0.29, 0.717) is 11.3 Å². The Bertz CT molecular complexity index is 886. The molecule has 0 radical (unpaired) electrons. The van der Waals surface area contributed by atoms with Gasteiger partial charge in [0.25, 0.3) is 0 Å². The molecule has 0 spiro atoms. The summed E-state index contributed by atoms with van der Waals surface area (Å²) in [6.07, 6.45) is 0. The number of benzene rings is 3. The zero-order valence-corrected chi connectivity index (χ0v) is 15.7. The molecule has 0 aromatic heterocycles. The van der Waals surface area contributed by atoms with E-state index in [2.05, 4.69) is 47.7 Å². The van der Waals surface area contributed by atoms with Gasteiger partial charge < -0.3 is 4.74 Å². The Hall–Kier alpha value is -2.14. The van der Waals surface area contributed by atoms with Crippen LogP contribution in [0, 0.1) is 17.4 Å². The van der Waals surface area contributed by atoms with E-state index in [1.54, 1.807) is 12.1 Å². The predicted octanol–water partition coefficient (Wildman–Crippen LogP) is 5.79. The minimum Gasteiger partial charge on any atom is -0.422 e. The quantitative estimate of drug-likeness (QED) is 0.300. The Kier molecular flexibility index (Phi) is 5.00. The molecule has 2 nitrogen and oxygen atoms in total. The lowest BCUT2D eigenvalue weighted by Gasteiger charge is -2.13. The maximum Gasteiger partial charge on any atom is 0.343 e. The molecule has 120 valence electrons. The van der Waals surface area contributed by atoms with Gasteiger partial charge in [-0.3, -0.25) is 0 Å². The Morgan fingerprint density at radius 1 is 0.833 bits per heavy atom. The molecule has 0 bridgehead atoms. The van der Waals surface area contributed by atoms with Gasteiger partial charge >= 0.3 is 5.97 Å². The highest BCUT2D eigenvalue weighted by Crippen LogP contribution is 2.34. The Labute approximate surface area is 155 Å². The van der Waals surface area contributed by atoms with Crippen molar-refractivity contribution in [3.63, 3.8) is 0 Å². The second-order valence-corrected chi connectivity index (χ2v) is 6.90. The molecule has 0 unspecified atom stereocenters. The first kappa shape index (κ1) is 16.7. The Morgan fingerprint density at radius 2 is 1.46 bits per heavy atom. The summed E-state index contributed by atoms with van der Waals surface area (Å²) < 4.78 is 6.84. The molecule has 24 heavy (non-hydrogen) atoms. The highest BCUT2D eigenvalue weighted by Gasteiger charge is 2.14. The van der Waals surface area contributed by atoms with Crippen molar-refractivity contribution in [1.29, 1.82) is 0 Å². The monoisotopic (exact) mass is 428 g/mol. The van der Waals surface area contributed by atoms with Gasteiger partial charge in [-0.05, 0) is 71.8 Å². The van der Waals surface area contributed by atoms with Gasteiger partial charge in [-0.1, -0.05) is 48.0 Å². The molecule has 3 heteroatoms. The summed E-state index contributed by atoms with van der Waals surface area (Å²) in [7, 11) is 0. The highest BCUT2D eigenvalue weighted by atomic mass is 127. The van der Waals surface area contributed by atoms with Crippen molar-refractivity contribution in [3.05, 3.63) is 87.0 Å². The average molecular weight is 428 g/mol. The normalized spacial score (nSPS) is 10.5. The van der Waals surface area contributed by atoms with Crippen LogP contribution in [0.5, 0.6) is 5.75 Å². The second kappa shape index (κ2) is 7.18. The fraction of sp³-hybridized carbons (Fsp3) is 0.0952. The van der Waals surface area contributed by atoms with Crippen molar-refractivity contribution >= 4 is 28.6 Å². The summed E-state index contributed by atoms with van der Waals surface area (Å²) in [5.74, 6) is 0.246. The van der Waals surface area contributed by atoms with Gasteiger partial charge in [-0.15, -0.1) is 0 Å². The Balaban J connectivity index is 2.01. The molecular formula is C21H17IO2. The summed E-state index contributed by atoms with van der Waals surface area (Å²) in [5.41, 5.74) is 4.80. The maximum atomic E-state index is 12.4. The lowest BCUT2D eigenvalue weighted by atomic mass is 10.0. The first-order valence-electron chi connectivity index (χ1n) is 7.69. The average Bonchev–Trinajstić information content (AvgIpc) is 2.57.